The zero-order chi connectivity index (χ0) is 11.7. The Bertz CT molecular complexity index is 574. The van der Waals surface area contributed by atoms with Crippen LogP contribution in [0, 0.1) is 5.95 Å². The summed E-state index contributed by atoms with van der Waals surface area (Å²) in [6.07, 6.45) is 2.64. The Morgan fingerprint density at radius 1 is 1.56 bits per heavy atom. The Kier molecular flexibility index (Phi) is 2.47. The van der Waals surface area contributed by atoms with E-state index in [-0.39, 0.29) is 18.1 Å². The van der Waals surface area contributed by atoms with E-state index in [9.17, 15) is 14.3 Å². The fourth-order valence-electron chi connectivity index (χ4n) is 1.42. The van der Waals surface area contributed by atoms with Gasteiger partial charge < -0.3 is 5.11 Å². The summed E-state index contributed by atoms with van der Waals surface area (Å²) in [7, 11) is 1.46. The summed E-state index contributed by atoms with van der Waals surface area (Å²) >= 11 is 0. The molecule has 84 valence electrons. The highest BCUT2D eigenvalue weighted by molar-refractivity contribution is 5.13. The van der Waals surface area contributed by atoms with E-state index in [2.05, 4.69) is 4.98 Å². The van der Waals surface area contributed by atoms with Gasteiger partial charge in [0.2, 0.25) is 11.8 Å². The van der Waals surface area contributed by atoms with Crippen molar-refractivity contribution in [2.24, 2.45) is 7.05 Å². The van der Waals surface area contributed by atoms with E-state index in [4.69, 9.17) is 0 Å². The maximum absolute atomic E-state index is 12.8. The topological polar surface area (TPSA) is 60.1 Å². The van der Waals surface area contributed by atoms with Gasteiger partial charge in [-0.1, -0.05) is 0 Å². The summed E-state index contributed by atoms with van der Waals surface area (Å²) in [5.41, 5.74) is 0.259. The fourth-order valence-corrected chi connectivity index (χ4v) is 1.42. The second kappa shape index (κ2) is 3.80. The van der Waals surface area contributed by atoms with Crippen molar-refractivity contribution in [2.75, 3.05) is 0 Å². The van der Waals surface area contributed by atoms with Gasteiger partial charge in [-0.15, -0.1) is 0 Å². The summed E-state index contributed by atoms with van der Waals surface area (Å²) in [4.78, 5) is 15.0. The summed E-state index contributed by atoms with van der Waals surface area (Å²) in [5, 5.41) is 9.31. The van der Waals surface area contributed by atoms with Crippen LogP contribution in [0.4, 0.5) is 4.39 Å². The Morgan fingerprint density at radius 2 is 2.31 bits per heavy atom. The van der Waals surface area contributed by atoms with Crippen LogP contribution in [-0.4, -0.2) is 19.2 Å². The van der Waals surface area contributed by atoms with Crippen LogP contribution in [0.25, 0.3) is 0 Å². The SMILES string of the molecule is Cn1c(O)cn(Cc2ccnc(F)c2)c1=O. The molecule has 0 radical (unpaired) electrons. The van der Waals surface area contributed by atoms with Crippen molar-refractivity contribution in [1.29, 1.82) is 0 Å². The van der Waals surface area contributed by atoms with Crippen LogP contribution in [0.2, 0.25) is 0 Å². The van der Waals surface area contributed by atoms with Gasteiger partial charge in [0, 0.05) is 13.2 Å². The first-order chi connectivity index (χ1) is 7.58. The Balaban J connectivity index is 2.34. The number of aromatic nitrogens is 3. The Hall–Kier alpha value is -2.11. The van der Waals surface area contributed by atoms with Gasteiger partial charge in [-0.05, 0) is 17.7 Å². The van der Waals surface area contributed by atoms with Gasteiger partial charge in [-0.3, -0.25) is 9.13 Å². The summed E-state index contributed by atoms with van der Waals surface area (Å²) in [6, 6.07) is 2.86. The number of aromatic hydroxyl groups is 1. The molecule has 0 saturated heterocycles. The molecule has 0 atom stereocenters. The highest BCUT2D eigenvalue weighted by Crippen LogP contribution is 2.06. The molecule has 0 aliphatic carbocycles. The molecular formula is C10H10FN3O2. The highest BCUT2D eigenvalue weighted by Gasteiger charge is 2.07. The predicted octanol–water partition coefficient (Wildman–Crippen LogP) is 0.475. The van der Waals surface area contributed by atoms with E-state index in [0.29, 0.717) is 5.56 Å². The molecule has 2 rings (SSSR count). The molecule has 1 N–H and O–H groups in total. The molecule has 2 aromatic rings. The molecule has 5 nitrogen and oxygen atoms in total. The quantitative estimate of drug-likeness (QED) is 0.753. The normalized spacial score (nSPS) is 10.6. The number of nitrogens with zero attached hydrogens (tertiary/aromatic N) is 3. The zero-order valence-electron chi connectivity index (χ0n) is 8.59. The van der Waals surface area contributed by atoms with Gasteiger partial charge in [0.25, 0.3) is 0 Å². The molecule has 2 aromatic heterocycles. The number of hydrogen-bond acceptors (Lipinski definition) is 3. The van der Waals surface area contributed by atoms with Gasteiger partial charge in [-0.2, -0.15) is 4.39 Å². The van der Waals surface area contributed by atoms with Crippen molar-refractivity contribution in [3.8, 4) is 5.88 Å². The van der Waals surface area contributed by atoms with Crippen LogP contribution in [0.15, 0.2) is 29.3 Å². The van der Waals surface area contributed by atoms with Crippen molar-refractivity contribution in [3.05, 3.63) is 46.5 Å². The van der Waals surface area contributed by atoms with Crippen molar-refractivity contribution < 1.29 is 9.50 Å². The third-order valence-corrected chi connectivity index (χ3v) is 2.29. The lowest BCUT2D eigenvalue weighted by Crippen LogP contribution is -2.22. The first kappa shape index (κ1) is 10.4. The first-order valence-electron chi connectivity index (χ1n) is 4.63. The third kappa shape index (κ3) is 1.81. The molecule has 0 amide bonds. The lowest BCUT2D eigenvalue weighted by Gasteiger charge is -2.00. The van der Waals surface area contributed by atoms with E-state index in [1.165, 1.54) is 30.1 Å². The molecular weight excluding hydrogens is 213 g/mol. The minimum atomic E-state index is -0.592. The standard InChI is InChI=1S/C10H10FN3O2/c1-13-9(15)6-14(10(13)16)5-7-2-3-12-8(11)4-7/h2-4,6,15H,5H2,1H3. The molecule has 0 aromatic carbocycles. The van der Waals surface area contributed by atoms with Crippen LogP contribution in [0.1, 0.15) is 5.56 Å². The maximum atomic E-state index is 12.8. The van der Waals surface area contributed by atoms with E-state index >= 15 is 0 Å². The van der Waals surface area contributed by atoms with E-state index in [1.807, 2.05) is 0 Å². The Morgan fingerprint density at radius 3 is 2.88 bits per heavy atom. The fraction of sp³-hybridized carbons (Fsp3) is 0.200. The molecule has 16 heavy (non-hydrogen) atoms. The van der Waals surface area contributed by atoms with Crippen LogP contribution in [0.3, 0.4) is 0 Å². The van der Waals surface area contributed by atoms with Crippen molar-refractivity contribution in [2.45, 2.75) is 6.54 Å². The lowest BCUT2D eigenvalue weighted by atomic mass is 10.3. The molecule has 0 fully saturated rings. The molecule has 0 aliphatic heterocycles. The largest absolute Gasteiger partial charge is 0.493 e. The number of halogens is 1. The minimum Gasteiger partial charge on any atom is -0.493 e. The van der Waals surface area contributed by atoms with Crippen molar-refractivity contribution in [1.82, 2.24) is 14.1 Å². The zero-order valence-corrected chi connectivity index (χ0v) is 8.59. The monoisotopic (exact) mass is 223 g/mol. The van der Waals surface area contributed by atoms with Gasteiger partial charge in [0.15, 0.2) is 0 Å². The Labute approximate surface area is 90.4 Å². The number of imidazole rings is 1. The second-order valence-electron chi connectivity index (χ2n) is 3.44. The van der Waals surface area contributed by atoms with Crippen LogP contribution in [0.5, 0.6) is 5.88 Å². The highest BCUT2D eigenvalue weighted by atomic mass is 19.1. The summed E-state index contributed by atoms with van der Waals surface area (Å²) < 4.78 is 15.2. The van der Waals surface area contributed by atoms with Gasteiger partial charge in [0.1, 0.15) is 0 Å². The molecule has 6 heteroatoms. The van der Waals surface area contributed by atoms with E-state index in [1.54, 1.807) is 6.07 Å². The molecule has 0 aliphatic rings. The van der Waals surface area contributed by atoms with E-state index in [0.717, 1.165) is 4.57 Å². The minimum absolute atomic E-state index is 0.125. The number of pyridine rings is 1. The maximum Gasteiger partial charge on any atom is 0.331 e. The summed E-state index contributed by atoms with van der Waals surface area (Å²) in [5.74, 6) is -0.717. The molecule has 0 spiro atoms. The average Bonchev–Trinajstić information content (AvgIpc) is 2.47. The van der Waals surface area contributed by atoms with Crippen molar-refractivity contribution in [3.63, 3.8) is 0 Å². The lowest BCUT2D eigenvalue weighted by molar-refractivity contribution is 0.429. The van der Waals surface area contributed by atoms with Crippen LogP contribution >= 0.6 is 0 Å². The average molecular weight is 223 g/mol. The number of hydrogen-bond donors (Lipinski definition) is 1. The first-order valence-corrected chi connectivity index (χ1v) is 4.63. The second-order valence-corrected chi connectivity index (χ2v) is 3.44. The molecule has 0 saturated carbocycles. The van der Waals surface area contributed by atoms with Crippen LogP contribution in [-0.2, 0) is 13.6 Å². The van der Waals surface area contributed by atoms with E-state index < -0.39 is 5.95 Å². The summed E-state index contributed by atoms with van der Waals surface area (Å²) in [6.45, 7) is 0.201. The molecule has 0 unspecified atom stereocenters. The predicted molar refractivity (Wildman–Crippen MR) is 54.6 cm³/mol. The van der Waals surface area contributed by atoms with Gasteiger partial charge in [0.05, 0.1) is 12.7 Å². The van der Waals surface area contributed by atoms with Crippen molar-refractivity contribution >= 4 is 0 Å². The number of rotatable bonds is 2. The molecule has 0 bridgehead atoms. The molecule has 2 heterocycles. The smallest absolute Gasteiger partial charge is 0.331 e. The van der Waals surface area contributed by atoms with Gasteiger partial charge >= 0.3 is 5.69 Å². The third-order valence-electron chi connectivity index (χ3n) is 2.29. The van der Waals surface area contributed by atoms with Gasteiger partial charge in [-0.25, -0.2) is 9.78 Å². The van der Waals surface area contributed by atoms with Crippen LogP contribution < -0.4 is 5.69 Å².